The highest BCUT2D eigenvalue weighted by Gasteiger charge is 2.06. The molecular formula is C14H18FN5. The van der Waals surface area contributed by atoms with E-state index < -0.39 is 0 Å². The number of anilines is 4. The summed E-state index contributed by atoms with van der Waals surface area (Å²) in [5.41, 5.74) is 6.87. The van der Waals surface area contributed by atoms with Gasteiger partial charge >= 0.3 is 0 Å². The minimum Gasteiger partial charge on any atom is -0.370 e. The van der Waals surface area contributed by atoms with Crippen LogP contribution in [0, 0.1) is 12.7 Å². The average molecular weight is 275 g/mol. The molecular weight excluding hydrogens is 257 g/mol. The normalized spacial score (nSPS) is 10.3. The zero-order valence-corrected chi connectivity index (χ0v) is 11.6. The van der Waals surface area contributed by atoms with Gasteiger partial charge in [0.15, 0.2) is 0 Å². The van der Waals surface area contributed by atoms with Crippen LogP contribution in [0.4, 0.5) is 27.7 Å². The maximum atomic E-state index is 13.8. The number of nitrogens with one attached hydrogen (secondary N) is 2. The molecule has 5 nitrogen and oxygen atoms in total. The SMILES string of the molecule is CCCNc1cc(Nc2ccc(C)cc2F)nc(N)n1. The minimum atomic E-state index is -0.328. The Labute approximate surface area is 117 Å². The van der Waals surface area contributed by atoms with Crippen LogP contribution >= 0.6 is 0 Å². The van der Waals surface area contributed by atoms with E-state index in [-0.39, 0.29) is 11.8 Å². The molecule has 2 aromatic rings. The van der Waals surface area contributed by atoms with Gasteiger partial charge < -0.3 is 16.4 Å². The Morgan fingerprint density at radius 3 is 2.65 bits per heavy atom. The molecule has 0 atom stereocenters. The summed E-state index contributed by atoms with van der Waals surface area (Å²) in [6.07, 6.45) is 0.971. The third-order valence-corrected chi connectivity index (χ3v) is 2.69. The molecule has 2 rings (SSSR count). The quantitative estimate of drug-likeness (QED) is 0.782. The molecule has 1 heterocycles. The number of benzene rings is 1. The molecule has 0 saturated carbocycles. The molecule has 106 valence electrons. The Morgan fingerprint density at radius 1 is 1.20 bits per heavy atom. The summed E-state index contributed by atoms with van der Waals surface area (Å²) in [6.45, 7) is 4.68. The Morgan fingerprint density at radius 2 is 1.95 bits per heavy atom. The van der Waals surface area contributed by atoms with Crippen molar-refractivity contribution in [2.24, 2.45) is 0 Å². The van der Waals surface area contributed by atoms with Crippen LogP contribution in [-0.4, -0.2) is 16.5 Å². The molecule has 0 saturated heterocycles. The number of nitrogens with zero attached hydrogens (tertiary/aromatic N) is 2. The number of rotatable bonds is 5. The third-order valence-electron chi connectivity index (χ3n) is 2.69. The Balaban J connectivity index is 2.21. The van der Waals surface area contributed by atoms with E-state index in [2.05, 4.69) is 27.5 Å². The number of halogens is 1. The number of hydrogen-bond acceptors (Lipinski definition) is 5. The summed E-state index contributed by atoms with van der Waals surface area (Å²) in [5.74, 6) is 0.889. The van der Waals surface area contributed by atoms with Crippen LogP contribution in [0.25, 0.3) is 0 Å². The molecule has 0 aliphatic rings. The molecule has 6 heteroatoms. The largest absolute Gasteiger partial charge is 0.370 e. The lowest BCUT2D eigenvalue weighted by atomic mass is 10.2. The highest BCUT2D eigenvalue weighted by Crippen LogP contribution is 2.21. The van der Waals surface area contributed by atoms with E-state index in [9.17, 15) is 4.39 Å². The van der Waals surface area contributed by atoms with Gasteiger partial charge in [-0.2, -0.15) is 9.97 Å². The number of nitrogens with two attached hydrogens (primary N) is 1. The lowest BCUT2D eigenvalue weighted by Crippen LogP contribution is -2.07. The maximum Gasteiger partial charge on any atom is 0.223 e. The predicted octanol–water partition coefficient (Wildman–Crippen LogP) is 3.07. The number of hydrogen-bond donors (Lipinski definition) is 3. The van der Waals surface area contributed by atoms with Gasteiger partial charge in [0.1, 0.15) is 17.5 Å². The Kier molecular flexibility index (Phi) is 4.34. The van der Waals surface area contributed by atoms with E-state index in [1.54, 1.807) is 12.1 Å². The van der Waals surface area contributed by atoms with Crippen LogP contribution in [0.15, 0.2) is 24.3 Å². The molecule has 0 aliphatic heterocycles. The van der Waals surface area contributed by atoms with Gasteiger partial charge in [0.25, 0.3) is 0 Å². The van der Waals surface area contributed by atoms with Gasteiger partial charge in [-0.05, 0) is 31.0 Å². The van der Waals surface area contributed by atoms with Gasteiger partial charge in [-0.1, -0.05) is 13.0 Å². The zero-order valence-electron chi connectivity index (χ0n) is 11.6. The average Bonchev–Trinajstić information content (AvgIpc) is 2.39. The molecule has 0 amide bonds. The predicted molar refractivity (Wildman–Crippen MR) is 79.6 cm³/mol. The molecule has 4 N–H and O–H groups in total. The summed E-state index contributed by atoms with van der Waals surface area (Å²) in [7, 11) is 0. The van der Waals surface area contributed by atoms with Gasteiger partial charge in [-0.3, -0.25) is 0 Å². The van der Waals surface area contributed by atoms with Crippen molar-refractivity contribution >= 4 is 23.3 Å². The first-order valence-electron chi connectivity index (χ1n) is 6.50. The molecule has 0 bridgehead atoms. The number of aromatic nitrogens is 2. The van der Waals surface area contributed by atoms with Crippen LogP contribution in [0.3, 0.4) is 0 Å². The molecule has 20 heavy (non-hydrogen) atoms. The van der Waals surface area contributed by atoms with Crippen molar-refractivity contribution in [1.29, 1.82) is 0 Å². The Hall–Kier alpha value is -2.37. The van der Waals surface area contributed by atoms with Crippen LogP contribution in [-0.2, 0) is 0 Å². The van der Waals surface area contributed by atoms with Crippen LogP contribution < -0.4 is 16.4 Å². The second kappa shape index (κ2) is 6.18. The number of nitrogen functional groups attached to an aromatic ring is 1. The topological polar surface area (TPSA) is 75.9 Å². The van der Waals surface area contributed by atoms with Gasteiger partial charge in [-0.25, -0.2) is 4.39 Å². The van der Waals surface area contributed by atoms with Crippen molar-refractivity contribution in [1.82, 2.24) is 9.97 Å². The minimum absolute atomic E-state index is 0.140. The first kappa shape index (κ1) is 14.0. The fourth-order valence-corrected chi connectivity index (χ4v) is 1.73. The second-order valence-electron chi connectivity index (χ2n) is 4.53. The summed E-state index contributed by atoms with van der Waals surface area (Å²) < 4.78 is 13.8. The number of aryl methyl sites for hydroxylation is 1. The fourth-order valence-electron chi connectivity index (χ4n) is 1.73. The second-order valence-corrected chi connectivity index (χ2v) is 4.53. The zero-order chi connectivity index (χ0) is 14.5. The van der Waals surface area contributed by atoms with Crippen molar-refractivity contribution in [3.63, 3.8) is 0 Å². The van der Waals surface area contributed by atoms with Crippen LogP contribution in [0.1, 0.15) is 18.9 Å². The van der Waals surface area contributed by atoms with Gasteiger partial charge in [0.2, 0.25) is 5.95 Å². The van der Waals surface area contributed by atoms with E-state index in [0.29, 0.717) is 17.3 Å². The molecule has 1 aromatic heterocycles. The van der Waals surface area contributed by atoms with E-state index in [1.165, 1.54) is 6.07 Å². The molecule has 1 aromatic carbocycles. The van der Waals surface area contributed by atoms with Crippen LogP contribution in [0.5, 0.6) is 0 Å². The lowest BCUT2D eigenvalue weighted by Gasteiger charge is -2.10. The van der Waals surface area contributed by atoms with E-state index in [4.69, 9.17) is 5.73 Å². The summed E-state index contributed by atoms with van der Waals surface area (Å²) in [6, 6.07) is 6.66. The fraction of sp³-hybridized carbons (Fsp3) is 0.286. The summed E-state index contributed by atoms with van der Waals surface area (Å²) in [4.78, 5) is 8.12. The van der Waals surface area contributed by atoms with Crippen LogP contribution in [0.2, 0.25) is 0 Å². The molecule has 0 fully saturated rings. The van der Waals surface area contributed by atoms with Crippen molar-refractivity contribution in [3.05, 3.63) is 35.6 Å². The van der Waals surface area contributed by atoms with Crippen molar-refractivity contribution in [2.45, 2.75) is 20.3 Å². The Bertz CT molecular complexity index is 600. The van der Waals surface area contributed by atoms with Gasteiger partial charge in [-0.15, -0.1) is 0 Å². The highest BCUT2D eigenvalue weighted by molar-refractivity contribution is 5.61. The third kappa shape index (κ3) is 3.57. The van der Waals surface area contributed by atoms with Crippen molar-refractivity contribution < 1.29 is 4.39 Å². The monoisotopic (exact) mass is 275 g/mol. The van der Waals surface area contributed by atoms with Crippen molar-refractivity contribution in [2.75, 3.05) is 22.9 Å². The van der Waals surface area contributed by atoms with E-state index >= 15 is 0 Å². The first-order valence-corrected chi connectivity index (χ1v) is 6.50. The summed E-state index contributed by atoms with van der Waals surface area (Å²) >= 11 is 0. The van der Waals surface area contributed by atoms with Gasteiger partial charge in [0.05, 0.1) is 5.69 Å². The van der Waals surface area contributed by atoms with E-state index in [0.717, 1.165) is 18.5 Å². The molecule has 0 radical (unpaired) electrons. The molecule has 0 unspecified atom stereocenters. The standard InChI is InChI=1S/C14H18FN5/c1-3-6-17-12-8-13(20-14(16)19-12)18-11-5-4-9(2)7-10(11)15/h4-5,7-8H,3,6H2,1-2H3,(H4,16,17,18,19,20). The lowest BCUT2D eigenvalue weighted by molar-refractivity contribution is 0.630. The van der Waals surface area contributed by atoms with E-state index in [1.807, 2.05) is 13.0 Å². The summed E-state index contributed by atoms with van der Waals surface area (Å²) in [5, 5.41) is 6.03. The first-order chi connectivity index (χ1) is 9.58. The molecule has 0 aliphatic carbocycles. The van der Waals surface area contributed by atoms with Gasteiger partial charge in [0, 0.05) is 12.6 Å². The highest BCUT2D eigenvalue weighted by atomic mass is 19.1. The molecule has 0 spiro atoms. The maximum absolute atomic E-state index is 13.8. The smallest absolute Gasteiger partial charge is 0.223 e. The van der Waals surface area contributed by atoms with Crippen molar-refractivity contribution in [3.8, 4) is 0 Å².